The van der Waals surface area contributed by atoms with Gasteiger partial charge in [-0.3, -0.25) is 4.79 Å². The molecule has 3 heteroatoms. The number of anilines is 1. The van der Waals surface area contributed by atoms with Crippen LogP contribution in [0.2, 0.25) is 0 Å². The third-order valence-electron chi connectivity index (χ3n) is 3.06. The molecule has 2 aromatic carbocycles. The number of rotatable bonds is 4. The Hall–Kier alpha value is -2.29. The fourth-order valence-corrected chi connectivity index (χ4v) is 2.03. The van der Waals surface area contributed by atoms with Crippen LogP contribution in [-0.4, -0.2) is 5.91 Å². The minimum Gasteiger partial charge on any atom is -0.399 e. The van der Waals surface area contributed by atoms with E-state index >= 15 is 0 Å². The van der Waals surface area contributed by atoms with Crippen LogP contribution in [0.4, 0.5) is 5.69 Å². The number of nitrogens with one attached hydrogen (secondary N) is 1. The molecular formula is C16H18N2O. The lowest BCUT2D eigenvalue weighted by Crippen LogP contribution is -2.28. The van der Waals surface area contributed by atoms with E-state index < -0.39 is 0 Å². The van der Waals surface area contributed by atoms with Gasteiger partial charge in [0.25, 0.3) is 5.91 Å². The monoisotopic (exact) mass is 254 g/mol. The maximum Gasteiger partial charge on any atom is 0.251 e. The summed E-state index contributed by atoms with van der Waals surface area (Å²) in [4.78, 5) is 12.2. The van der Waals surface area contributed by atoms with Crippen molar-refractivity contribution < 1.29 is 4.79 Å². The molecule has 98 valence electrons. The number of benzene rings is 2. The Balaban J connectivity index is 2.13. The molecule has 0 heterocycles. The summed E-state index contributed by atoms with van der Waals surface area (Å²) in [6.07, 6.45) is 0.845. The van der Waals surface area contributed by atoms with Crippen molar-refractivity contribution in [3.05, 3.63) is 65.7 Å². The molecule has 2 aromatic rings. The molecule has 0 aliphatic carbocycles. The van der Waals surface area contributed by atoms with Gasteiger partial charge in [0.15, 0.2) is 0 Å². The number of carbonyl (C=O) groups is 1. The molecule has 0 radical (unpaired) electrons. The average Bonchev–Trinajstić information content (AvgIpc) is 2.45. The van der Waals surface area contributed by atoms with Crippen LogP contribution < -0.4 is 11.1 Å². The second kappa shape index (κ2) is 6.05. The summed E-state index contributed by atoms with van der Waals surface area (Å²) in [5, 5.41) is 3.03. The molecule has 0 saturated heterocycles. The molecule has 2 rings (SSSR count). The number of hydrogen-bond donors (Lipinski definition) is 2. The van der Waals surface area contributed by atoms with Crippen molar-refractivity contribution in [2.24, 2.45) is 0 Å². The Labute approximate surface area is 113 Å². The van der Waals surface area contributed by atoms with E-state index in [1.165, 1.54) is 0 Å². The van der Waals surface area contributed by atoms with Gasteiger partial charge in [0.2, 0.25) is 0 Å². The number of carbonyl (C=O) groups excluding carboxylic acids is 1. The summed E-state index contributed by atoms with van der Waals surface area (Å²) in [5.41, 5.74) is 7.99. The molecule has 0 aliphatic rings. The predicted octanol–water partition coefficient (Wildman–Crippen LogP) is 3.15. The van der Waals surface area contributed by atoms with E-state index in [4.69, 9.17) is 5.73 Å². The largest absolute Gasteiger partial charge is 0.399 e. The summed E-state index contributed by atoms with van der Waals surface area (Å²) in [5.74, 6) is -0.0944. The maximum absolute atomic E-state index is 12.2. The summed E-state index contributed by atoms with van der Waals surface area (Å²) in [6, 6.07) is 17.0. The van der Waals surface area contributed by atoms with E-state index in [0.29, 0.717) is 11.3 Å². The Morgan fingerprint density at radius 1 is 1.16 bits per heavy atom. The minimum atomic E-state index is -0.0944. The second-order valence-electron chi connectivity index (χ2n) is 4.47. The van der Waals surface area contributed by atoms with Gasteiger partial charge >= 0.3 is 0 Å². The zero-order chi connectivity index (χ0) is 13.7. The van der Waals surface area contributed by atoms with E-state index in [0.717, 1.165) is 12.0 Å². The Morgan fingerprint density at radius 3 is 2.53 bits per heavy atom. The summed E-state index contributed by atoms with van der Waals surface area (Å²) < 4.78 is 0. The molecule has 3 N–H and O–H groups in total. The second-order valence-corrected chi connectivity index (χ2v) is 4.47. The van der Waals surface area contributed by atoms with E-state index in [1.54, 1.807) is 24.3 Å². The van der Waals surface area contributed by atoms with Gasteiger partial charge in [-0.15, -0.1) is 0 Å². The molecule has 0 aromatic heterocycles. The van der Waals surface area contributed by atoms with Crippen LogP contribution in [0.15, 0.2) is 54.6 Å². The Morgan fingerprint density at radius 2 is 1.89 bits per heavy atom. The van der Waals surface area contributed by atoms with Gasteiger partial charge < -0.3 is 11.1 Å². The first-order valence-electron chi connectivity index (χ1n) is 6.42. The molecule has 0 aliphatic heterocycles. The third-order valence-corrected chi connectivity index (χ3v) is 3.06. The lowest BCUT2D eigenvalue weighted by Gasteiger charge is -2.17. The molecule has 0 bridgehead atoms. The van der Waals surface area contributed by atoms with Crippen molar-refractivity contribution in [1.82, 2.24) is 5.32 Å². The standard InChI is InChI=1S/C16H18N2O/c1-2-15(12-7-4-3-5-8-12)18-16(19)13-9-6-10-14(17)11-13/h3-11,15H,2,17H2,1H3,(H,18,19). The van der Waals surface area contributed by atoms with Gasteiger partial charge in [-0.25, -0.2) is 0 Å². The number of hydrogen-bond acceptors (Lipinski definition) is 2. The topological polar surface area (TPSA) is 55.1 Å². The van der Waals surface area contributed by atoms with E-state index in [2.05, 4.69) is 12.2 Å². The summed E-state index contributed by atoms with van der Waals surface area (Å²) >= 11 is 0. The zero-order valence-electron chi connectivity index (χ0n) is 11.0. The van der Waals surface area contributed by atoms with Crippen LogP contribution in [0.1, 0.15) is 35.3 Å². The Bertz CT molecular complexity index is 552. The maximum atomic E-state index is 12.2. The fourth-order valence-electron chi connectivity index (χ4n) is 2.03. The zero-order valence-corrected chi connectivity index (χ0v) is 11.0. The minimum absolute atomic E-state index is 0.0233. The van der Waals surface area contributed by atoms with Crippen LogP contribution in [0.3, 0.4) is 0 Å². The number of amides is 1. The SMILES string of the molecule is CCC(NC(=O)c1cccc(N)c1)c1ccccc1. The molecule has 1 amide bonds. The lowest BCUT2D eigenvalue weighted by molar-refractivity contribution is 0.0935. The van der Waals surface area contributed by atoms with E-state index in [1.807, 2.05) is 30.3 Å². The normalized spacial score (nSPS) is 11.8. The molecule has 0 spiro atoms. The van der Waals surface area contributed by atoms with Crippen LogP contribution in [0, 0.1) is 0 Å². The van der Waals surface area contributed by atoms with Crippen LogP contribution in [-0.2, 0) is 0 Å². The first-order chi connectivity index (χ1) is 9.20. The van der Waals surface area contributed by atoms with Gasteiger partial charge in [-0.05, 0) is 30.2 Å². The number of nitrogen functional groups attached to an aromatic ring is 1. The average molecular weight is 254 g/mol. The molecule has 0 saturated carbocycles. The van der Waals surface area contributed by atoms with Gasteiger partial charge in [-0.1, -0.05) is 43.3 Å². The summed E-state index contributed by atoms with van der Waals surface area (Å²) in [7, 11) is 0. The highest BCUT2D eigenvalue weighted by Gasteiger charge is 2.13. The number of nitrogens with two attached hydrogens (primary N) is 1. The lowest BCUT2D eigenvalue weighted by atomic mass is 10.0. The molecule has 0 fully saturated rings. The van der Waals surface area contributed by atoms with Crippen molar-refractivity contribution in [3.63, 3.8) is 0 Å². The smallest absolute Gasteiger partial charge is 0.251 e. The summed E-state index contributed by atoms with van der Waals surface area (Å²) in [6.45, 7) is 2.05. The highest BCUT2D eigenvalue weighted by Crippen LogP contribution is 2.17. The molecule has 3 nitrogen and oxygen atoms in total. The molecule has 19 heavy (non-hydrogen) atoms. The highest BCUT2D eigenvalue weighted by atomic mass is 16.1. The van der Waals surface area contributed by atoms with Gasteiger partial charge in [0.05, 0.1) is 6.04 Å². The van der Waals surface area contributed by atoms with Gasteiger partial charge in [-0.2, -0.15) is 0 Å². The van der Waals surface area contributed by atoms with Crippen molar-refractivity contribution in [3.8, 4) is 0 Å². The molecule has 1 unspecified atom stereocenters. The first kappa shape index (κ1) is 13.1. The molecule has 1 atom stereocenters. The van der Waals surface area contributed by atoms with Crippen molar-refractivity contribution in [2.75, 3.05) is 5.73 Å². The molecular weight excluding hydrogens is 236 g/mol. The quantitative estimate of drug-likeness (QED) is 0.823. The van der Waals surface area contributed by atoms with Crippen LogP contribution in [0.25, 0.3) is 0 Å². The van der Waals surface area contributed by atoms with Gasteiger partial charge in [0.1, 0.15) is 0 Å². The van der Waals surface area contributed by atoms with Crippen molar-refractivity contribution >= 4 is 11.6 Å². The van der Waals surface area contributed by atoms with E-state index in [-0.39, 0.29) is 11.9 Å². The predicted molar refractivity (Wildman–Crippen MR) is 77.8 cm³/mol. The van der Waals surface area contributed by atoms with Crippen LogP contribution >= 0.6 is 0 Å². The third kappa shape index (κ3) is 3.35. The fraction of sp³-hybridized carbons (Fsp3) is 0.188. The van der Waals surface area contributed by atoms with Gasteiger partial charge in [0, 0.05) is 11.3 Å². The first-order valence-corrected chi connectivity index (χ1v) is 6.42. The Kier molecular flexibility index (Phi) is 4.18. The van der Waals surface area contributed by atoms with Crippen molar-refractivity contribution in [1.29, 1.82) is 0 Å². The van der Waals surface area contributed by atoms with Crippen molar-refractivity contribution in [2.45, 2.75) is 19.4 Å². The van der Waals surface area contributed by atoms with Crippen LogP contribution in [0.5, 0.6) is 0 Å². The highest BCUT2D eigenvalue weighted by molar-refractivity contribution is 5.95. The van der Waals surface area contributed by atoms with E-state index in [9.17, 15) is 4.79 Å².